The molecule has 1 amide bonds. The van der Waals surface area contributed by atoms with Gasteiger partial charge in [-0.2, -0.15) is 0 Å². The minimum atomic E-state index is -0.570. The van der Waals surface area contributed by atoms with Gasteiger partial charge in [0.2, 0.25) is 5.91 Å². The average molecular weight is 381 g/mol. The number of carbonyl (C=O) groups is 1. The van der Waals surface area contributed by atoms with E-state index < -0.39 is 4.92 Å². The average Bonchev–Trinajstić information content (AvgIpc) is 3.25. The molecule has 2 aromatic heterocycles. The lowest BCUT2D eigenvalue weighted by Crippen LogP contribution is -2.14. The van der Waals surface area contributed by atoms with Gasteiger partial charge in [0.05, 0.1) is 27.6 Å². The Morgan fingerprint density at radius 1 is 1.36 bits per heavy atom. The van der Waals surface area contributed by atoms with Gasteiger partial charge in [0, 0.05) is 12.1 Å². The maximum atomic E-state index is 12.0. The van der Waals surface area contributed by atoms with Crippen LogP contribution in [-0.4, -0.2) is 26.8 Å². The highest BCUT2D eigenvalue weighted by Crippen LogP contribution is 2.27. The summed E-state index contributed by atoms with van der Waals surface area (Å²) >= 11 is 6.95. The van der Waals surface area contributed by atoms with Gasteiger partial charge in [0.25, 0.3) is 16.8 Å². The van der Waals surface area contributed by atoms with Crippen LogP contribution < -0.4 is 5.32 Å². The highest BCUT2D eigenvalue weighted by molar-refractivity contribution is 7.99. The standard InChI is InChI=1S/C14H9ClN4O5S/c15-9-6-8(19(21)22)3-4-10(9)16-12(20)7-25-14-18-17-13(24-14)11-2-1-5-23-11/h1-6H,7H2,(H,16,20). The fourth-order valence-electron chi connectivity index (χ4n) is 1.80. The first-order chi connectivity index (χ1) is 12.0. The van der Waals surface area contributed by atoms with E-state index in [2.05, 4.69) is 15.5 Å². The van der Waals surface area contributed by atoms with Crippen LogP contribution in [0.3, 0.4) is 0 Å². The van der Waals surface area contributed by atoms with Crippen molar-refractivity contribution in [1.82, 2.24) is 10.2 Å². The van der Waals surface area contributed by atoms with Crippen LogP contribution in [0.4, 0.5) is 11.4 Å². The Morgan fingerprint density at radius 2 is 2.20 bits per heavy atom. The number of hydrogen-bond donors (Lipinski definition) is 1. The largest absolute Gasteiger partial charge is 0.459 e. The van der Waals surface area contributed by atoms with E-state index in [0.29, 0.717) is 5.76 Å². The fraction of sp³-hybridized carbons (Fsp3) is 0.0714. The van der Waals surface area contributed by atoms with Crippen molar-refractivity contribution in [3.8, 4) is 11.7 Å². The van der Waals surface area contributed by atoms with E-state index in [1.165, 1.54) is 18.4 Å². The summed E-state index contributed by atoms with van der Waals surface area (Å²) in [5.74, 6) is 0.263. The number of non-ortho nitro benzene ring substituents is 1. The van der Waals surface area contributed by atoms with Gasteiger partial charge in [0.15, 0.2) is 5.76 Å². The second kappa shape index (κ2) is 7.36. The lowest BCUT2D eigenvalue weighted by atomic mass is 10.3. The number of amides is 1. The second-order valence-electron chi connectivity index (χ2n) is 4.61. The minimum absolute atomic E-state index is 0.00684. The Bertz CT molecular complexity index is 912. The molecule has 0 atom stereocenters. The van der Waals surface area contributed by atoms with Crippen molar-refractivity contribution in [2.75, 3.05) is 11.1 Å². The summed E-state index contributed by atoms with van der Waals surface area (Å²) < 4.78 is 10.5. The summed E-state index contributed by atoms with van der Waals surface area (Å²) in [6.07, 6.45) is 1.48. The van der Waals surface area contributed by atoms with Crippen molar-refractivity contribution in [1.29, 1.82) is 0 Å². The molecule has 0 radical (unpaired) electrons. The lowest BCUT2D eigenvalue weighted by Gasteiger charge is -2.05. The minimum Gasteiger partial charge on any atom is -0.459 e. The third-order valence-corrected chi connectivity index (χ3v) is 4.03. The molecule has 1 aromatic carbocycles. The van der Waals surface area contributed by atoms with Crippen molar-refractivity contribution in [2.24, 2.45) is 0 Å². The molecule has 0 aliphatic carbocycles. The van der Waals surface area contributed by atoms with E-state index in [1.54, 1.807) is 12.1 Å². The monoisotopic (exact) mass is 380 g/mol. The molecule has 0 aliphatic heterocycles. The van der Waals surface area contributed by atoms with Gasteiger partial charge in [-0.15, -0.1) is 10.2 Å². The van der Waals surface area contributed by atoms with Gasteiger partial charge >= 0.3 is 0 Å². The third-order valence-electron chi connectivity index (χ3n) is 2.90. The summed E-state index contributed by atoms with van der Waals surface area (Å²) in [6.45, 7) is 0. The number of nitro groups is 1. The predicted molar refractivity (Wildman–Crippen MR) is 89.5 cm³/mol. The molecule has 1 N–H and O–H groups in total. The number of anilines is 1. The molecule has 0 aliphatic rings. The first kappa shape index (κ1) is 17.0. The summed E-state index contributed by atoms with van der Waals surface area (Å²) in [4.78, 5) is 22.0. The number of thioether (sulfide) groups is 1. The summed E-state index contributed by atoms with van der Waals surface area (Å²) in [6, 6.07) is 7.14. The van der Waals surface area contributed by atoms with Gasteiger partial charge in [-0.05, 0) is 18.2 Å². The number of nitrogens with zero attached hydrogens (tertiary/aromatic N) is 3. The Labute approximate surface area is 149 Å². The highest BCUT2D eigenvalue weighted by atomic mass is 35.5. The van der Waals surface area contributed by atoms with Gasteiger partial charge in [-0.25, -0.2) is 0 Å². The molecule has 25 heavy (non-hydrogen) atoms. The third kappa shape index (κ3) is 4.17. The molecular formula is C14H9ClN4O5S. The first-order valence-corrected chi connectivity index (χ1v) is 8.13. The molecule has 0 bridgehead atoms. The Hall–Kier alpha value is -2.85. The smallest absolute Gasteiger partial charge is 0.284 e. The molecular weight excluding hydrogens is 372 g/mol. The number of nitro benzene ring substituents is 1. The van der Waals surface area contributed by atoms with Crippen LogP contribution in [0.25, 0.3) is 11.7 Å². The lowest BCUT2D eigenvalue weighted by molar-refractivity contribution is -0.384. The molecule has 3 aromatic rings. The molecule has 128 valence electrons. The topological polar surface area (TPSA) is 124 Å². The van der Waals surface area contributed by atoms with Gasteiger partial charge in [-0.3, -0.25) is 14.9 Å². The molecule has 0 spiro atoms. The number of rotatable bonds is 6. The molecule has 0 fully saturated rings. The van der Waals surface area contributed by atoms with Crippen LogP contribution in [0, 0.1) is 10.1 Å². The number of benzene rings is 1. The van der Waals surface area contributed by atoms with Gasteiger partial charge in [0.1, 0.15) is 0 Å². The molecule has 0 unspecified atom stereocenters. The quantitative estimate of drug-likeness (QED) is 0.390. The second-order valence-corrected chi connectivity index (χ2v) is 5.94. The van der Waals surface area contributed by atoms with Crippen molar-refractivity contribution >= 4 is 40.6 Å². The number of hydrogen-bond acceptors (Lipinski definition) is 8. The number of carbonyl (C=O) groups excluding carboxylic acids is 1. The summed E-state index contributed by atoms with van der Waals surface area (Å²) in [5, 5.41) is 21.1. The maximum absolute atomic E-state index is 12.0. The van der Waals surface area contributed by atoms with Crippen LogP contribution in [0.15, 0.2) is 50.7 Å². The van der Waals surface area contributed by atoms with E-state index in [4.69, 9.17) is 20.4 Å². The van der Waals surface area contributed by atoms with Crippen LogP contribution in [0.1, 0.15) is 0 Å². The number of nitrogens with one attached hydrogen (secondary N) is 1. The van der Waals surface area contributed by atoms with Crippen LogP contribution in [0.2, 0.25) is 5.02 Å². The van der Waals surface area contributed by atoms with Crippen molar-refractivity contribution in [3.63, 3.8) is 0 Å². The van der Waals surface area contributed by atoms with E-state index in [9.17, 15) is 14.9 Å². The number of furan rings is 1. The Balaban J connectivity index is 1.57. The molecule has 11 heteroatoms. The van der Waals surface area contributed by atoms with Crippen LogP contribution >= 0.6 is 23.4 Å². The highest BCUT2D eigenvalue weighted by Gasteiger charge is 2.15. The zero-order valence-electron chi connectivity index (χ0n) is 12.3. The molecule has 9 nitrogen and oxygen atoms in total. The van der Waals surface area contributed by atoms with Gasteiger partial charge < -0.3 is 14.2 Å². The van der Waals surface area contributed by atoms with E-state index in [-0.39, 0.29) is 39.2 Å². The zero-order valence-corrected chi connectivity index (χ0v) is 13.9. The van der Waals surface area contributed by atoms with Crippen LogP contribution in [0.5, 0.6) is 0 Å². The van der Waals surface area contributed by atoms with Crippen molar-refractivity contribution < 1.29 is 18.6 Å². The van der Waals surface area contributed by atoms with E-state index in [1.807, 2.05) is 0 Å². The maximum Gasteiger partial charge on any atom is 0.284 e. The van der Waals surface area contributed by atoms with Crippen molar-refractivity contribution in [3.05, 3.63) is 51.7 Å². The number of halogens is 1. The Kier molecular flexibility index (Phi) is 5.00. The molecule has 2 heterocycles. The SMILES string of the molecule is O=C(CSc1nnc(-c2ccco2)o1)Nc1ccc([N+](=O)[O-])cc1Cl. The summed E-state index contributed by atoms with van der Waals surface area (Å²) in [7, 11) is 0. The van der Waals surface area contributed by atoms with Gasteiger partial charge in [-0.1, -0.05) is 23.4 Å². The Morgan fingerprint density at radius 3 is 2.88 bits per heavy atom. The van der Waals surface area contributed by atoms with Crippen LogP contribution in [-0.2, 0) is 4.79 Å². The zero-order chi connectivity index (χ0) is 17.8. The fourth-order valence-corrected chi connectivity index (χ4v) is 2.59. The molecule has 0 saturated carbocycles. The van der Waals surface area contributed by atoms with Crippen molar-refractivity contribution in [2.45, 2.75) is 5.22 Å². The summed E-state index contributed by atoms with van der Waals surface area (Å²) in [5.41, 5.74) is 0.119. The molecule has 3 rings (SSSR count). The van der Waals surface area contributed by atoms with E-state index >= 15 is 0 Å². The van der Waals surface area contributed by atoms with E-state index in [0.717, 1.165) is 17.8 Å². The number of aromatic nitrogens is 2. The molecule has 0 saturated heterocycles. The normalized spacial score (nSPS) is 10.6. The first-order valence-electron chi connectivity index (χ1n) is 6.77. The predicted octanol–water partition coefficient (Wildman–Crippen LogP) is 3.62.